The van der Waals surface area contributed by atoms with Gasteiger partial charge in [-0.25, -0.2) is 9.86 Å². The van der Waals surface area contributed by atoms with Gasteiger partial charge in [-0.2, -0.15) is 0 Å². The molecule has 1 aromatic carbocycles. The highest BCUT2D eigenvalue weighted by molar-refractivity contribution is 5.78. The summed E-state index contributed by atoms with van der Waals surface area (Å²) in [5.74, 6) is -0.923. The standard InChI is InChI=1S/C28H42N4O8/c1-5-9-32(40-13-6-2)24(33)17-31-16-20(19-14-22(37-4)26-23(15-19)38-18-39-26)25(27(34)35)21(31)8-12-30-11-7-10-29(3)28(30)36/h14-15,20-21,25H,5-13,16-18H2,1-4H3,(H,34,35)/t20-,21+,25-/m1/s1. The molecule has 3 amide bonds. The van der Waals surface area contributed by atoms with Gasteiger partial charge < -0.3 is 29.1 Å². The van der Waals surface area contributed by atoms with Crippen molar-refractivity contribution in [3.05, 3.63) is 17.7 Å². The summed E-state index contributed by atoms with van der Waals surface area (Å²) in [6.07, 6.45) is 2.79. The molecule has 1 aromatic rings. The van der Waals surface area contributed by atoms with Crippen LogP contribution < -0.4 is 14.2 Å². The molecular formula is C28H42N4O8. The highest BCUT2D eigenvalue weighted by Gasteiger charge is 2.48. The number of rotatable bonds is 13. The number of methoxy groups -OCH3 is 1. The Hall–Kier alpha value is -3.25. The van der Waals surface area contributed by atoms with Gasteiger partial charge in [-0.1, -0.05) is 13.8 Å². The molecule has 2 saturated heterocycles. The highest BCUT2D eigenvalue weighted by Crippen LogP contribution is 2.47. The number of nitrogens with zero attached hydrogens (tertiary/aromatic N) is 4. The van der Waals surface area contributed by atoms with Crippen LogP contribution in [0, 0.1) is 5.92 Å². The van der Waals surface area contributed by atoms with Crippen LogP contribution >= 0.6 is 0 Å². The molecule has 0 bridgehead atoms. The molecule has 0 aliphatic carbocycles. The first-order valence-electron chi connectivity index (χ1n) is 14.2. The molecule has 2 fully saturated rings. The van der Waals surface area contributed by atoms with Gasteiger partial charge in [-0.3, -0.25) is 19.3 Å². The molecule has 12 nitrogen and oxygen atoms in total. The number of benzene rings is 1. The van der Waals surface area contributed by atoms with Crippen molar-refractivity contribution in [1.82, 2.24) is 19.8 Å². The normalized spacial score (nSPS) is 22.6. The van der Waals surface area contributed by atoms with E-state index in [1.807, 2.05) is 24.8 Å². The van der Waals surface area contributed by atoms with E-state index in [4.69, 9.17) is 19.0 Å². The average molecular weight is 563 g/mol. The Morgan fingerprint density at radius 2 is 1.98 bits per heavy atom. The molecule has 0 unspecified atom stereocenters. The Morgan fingerprint density at radius 1 is 1.18 bits per heavy atom. The lowest BCUT2D eigenvalue weighted by atomic mass is 9.84. The van der Waals surface area contributed by atoms with Crippen LogP contribution in [0.3, 0.4) is 0 Å². The predicted molar refractivity (Wildman–Crippen MR) is 145 cm³/mol. The summed E-state index contributed by atoms with van der Waals surface area (Å²) in [5, 5.41) is 11.9. The lowest BCUT2D eigenvalue weighted by molar-refractivity contribution is -0.188. The lowest BCUT2D eigenvalue weighted by Gasteiger charge is -2.35. The third kappa shape index (κ3) is 6.38. The molecule has 40 heavy (non-hydrogen) atoms. The van der Waals surface area contributed by atoms with Crippen molar-refractivity contribution in [2.24, 2.45) is 5.92 Å². The Labute approximate surface area is 235 Å². The maximum Gasteiger partial charge on any atom is 0.319 e. The largest absolute Gasteiger partial charge is 0.493 e. The SMILES string of the molecule is CCCON(CCC)C(=O)CN1C[C@H](c2cc(OC)c3c(c2)OCO3)[C@@H](C(=O)O)[C@@H]1CCN1CCCN(C)C1=O. The van der Waals surface area contributed by atoms with Crippen molar-refractivity contribution in [2.45, 2.75) is 51.5 Å². The fourth-order valence-corrected chi connectivity index (χ4v) is 5.90. The molecule has 222 valence electrons. The van der Waals surface area contributed by atoms with Crippen molar-refractivity contribution in [3.63, 3.8) is 0 Å². The second kappa shape index (κ2) is 13.4. The van der Waals surface area contributed by atoms with Crippen LogP contribution in [-0.2, 0) is 14.4 Å². The molecule has 3 aliphatic heterocycles. The molecule has 0 spiro atoms. The van der Waals surface area contributed by atoms with E-state index in [0.717, 1.165) is 24.8 Å². The molecule has 1 N–H and O–H groups in total. The average Bonchev–Trinajstić information content (AvgIpc) is 3.56. The first kappa shape index (κ1) is 29.7. The van der Waals surface area contributed by atoms with Crippen LogP contribution in [0.2, 0.25) is 0 Å². The Bertz CT molecular complexity index is 1070. The number of hydrogen-bond acceptors (Lipinski definition) is 8. The summed E-state index contributed by atoms with van der Waals surface area (Å²) in [6, 6.07) is 3.08. The molecular weight excluding hydrogens is 520 g/mol. The van der Waals surface area contributed by atoms with Crippen LogP contribution in [0.5, 0.6) is 17.2 Å². The third-order valence-corrected chi connectivity index (χ3v) is 7.85. The third-order valence-electron chi connectivity index (χ3n) is 7.85. The highest BCUT2D eigenvalue weighted by atomic mass is 16.7. The molecule has 0 saturated carbocycles. The number of carbonyl (C=O) groups excluding carboxylic acids is 2. The van der Waals surface area contributed by atoms with Crippen molar-refractivity contribution in [1.29, 1.82) is 0 Å². The molecule has 3 aliphatic rings. The minimum Gasteiger partial charge on any atom is -0.493 e. The van der Waals surface area contributed by atoms with E-state index in [9.17, 15) is 19.5 Å². The number of likely N-dealkylation sites (tertiary alicyclic amines) is 1. The number of carboxylic acids is 1. The summed E-state index contributed by atoms with van der Waals surface area (Å²) in [7, 11) is 3.31. The number of ether oxygens (including phenoxy) is 3. The summed E-state index contributed by atoms with van der Waals surface area (Å²) < 4.78 is 16.7. The smallest absolute Gasteiger partial charge is 0.319 e. The predicted octanol–water partition coefficient (Wildman–Crippen LogP) is 2.62. The zero-order chi connectivity index (χ0) is 28.8. The zero-order valence-corrected chi connectivity index (χ0v) is 24.0. The fourth-order valence-electron chi connectivity index (χ4n) is 5.90. The van der Waals surface area contributed by atoms with E-state index < -0.39 is 23.8 Å². The number of fused-ring (bicyclic) bond motifs is 1. The second-order valence-electron chi connectivity index (χ2n) is 10.6. The number of urea groups is 1. The summed E-state index contributed by atoms with van der Waals surface area (Å²) in [5.41, 5.74) is 0.745. The number of aliphatic carboxylic acids is 1. The second-order valence-corrected chi connectivity index (χ2v) is 10.6. The molecule has 12 heteroatoms. The molecule has 3 heterocycles. The summed E-state index contributed by atoms with van der Waals surface area (Å²) in [4.78, 5) is 50.1. The number of carboxylic acid groups (broad SMARTS) is 1. The van der Waals surface area contributed by atoms with Gasteiger partial charge in [0.2, 0.25) is 12.5 Å². The monoisotopic (exact) mass is 562 g/mol. The van der Waals surface area contributed by atoms with Gasteiger partial charge >= 0.3 is 12.0 Å². The van der Waals surface area contributed by atoms with Crippen LogP contribution in [0.1, 0.15) is 51.0 Å². The van der Waals surface area contributed by atoms with Crippen molar-refractivity contribution >= 4 is 17.9 Å². The van der Waals surface area contributed by atoms with Crippen molar-refractivity contribution < 1.29 is 38.5 Å². The minimum atomic E-state index is -0.948. The van der Waals surface area contributed by atoms with Gasteiger partial charge in [0, 0.05) is 51.7 Å². The van der Waals surface area contributed by atoms with Gasteiger partial charge in [0.15, 0.2) is 11.5 Å². The summed E-state index contributed by atoms with van der Waals surface area (Å²) in [6.45, 7) is 7.01. The van der Waals surface area contributed by atoms with Gasteiger partial charge in [0.25, 0.3) is 5.91 Å². The van der Waals surface area contributed by atoms with E-state index in [1.165, 1.54) is 12.2 Å². The van der Waals surface area contributed by atoms with E-state index >= 15 is 0 Å². The number of carbonyl (C=O) groups is 3. The first-order chi connectivity index (χ1) is 19.3. The van der Waals surface area contributed by atoms with E-state index in [2.05, 4.69) is 0 Å². The fraction of sp³-hybridized carbons (Fsp3) is 0.679. The Balaban J connectivity index is 1.63. The summed E-state index contributed by atoms with van der Waals surface area (Å²) >= 11 is 0. The van der Waals surface area contributed by atoms with Gasteiger partial charge in [0.05, 0.1) is 26.2 Å². The lowest BCUT2D eigenvalue weighted by Crippen LogP contribution is -2.50. The van der Waals surface area contributed by atoms with Crippen molar-refractivity contribution in [2.75, 3.05) is 66.8 Å². The molecule has 0 radical (unpaired) electrons. The van der Waals surface area contributed by atoms with Gasteiger partial charge in [-0.15, -0.1) is 0 Å². The zero-order valence-electron chi connectivity index (χ0n) is 24.0. The topological polar surface area (TPSA) is 121 Å². The van der Waals surface area contributed by atoms with Crippen LogP contribution in [0.25, 0.3) is 0 Å². The van der Waals surface area contributed by atoms with E-state index in [0.29, 0.717) is 63.0 Å². The van der Waals surface area contributed by atoms with E-state index in [-0.39, 0.29) is 25.3 Å². The molecule has 4 rings (SSSR count). The maximum absolute atomic E-state index is 13.4. The first-order valence-corrected chi connectivity index (χ1v) is 14.2. The van der Waals surface area contributed by atoms with Crippen LogP contribution in [-0.4, -0.2) is 116 Å². The van der Waals surface area contributed by atoms with Gasteiger partial charge in [0.1, 0.15) is 0 Å². The Kier molecular flexibility index (Phi) is 9.96. The quantitative estimate of drug-likeness (QED) is 0.362. The van der Waals surface area contributed by atoms with Crippen LogP contribution in [0.4, 0.5) is 4.79 Å². The number of hydroxylamine groups is 2. The van der Waals surface area contributed by atoms with Crippen molar-refractivity contribution in [3.8, 4) is 17.2 Å². The number of hydrogen-bond donors (Lipinski definition) is 1. The molecule has 3 atom stereocenters. The van der Waals surface area contributed by atoms with Crippen LogP contribution in [0.15, 0.2) is 12.1 Å². The Morgan fingerprint density at radius 3 is 2.67 bits per heavy atom. The number of amides is 3. The maximum atomic E-state index is 13.4. The minimum absolute atomic E-state index is 0.0181. The molecule has 0 aromatic heterocycles. The van der Waals surface area contributed by atoms with E-state index in [1.54, 1.807) is 22.9 Å². The van der Waals surface area contributed by atoms with Gasteiger partial charge in [-0.05, 0) is 43.4 Å².